The van der Waals surface area contributed by atoms with Crippen LogP contribution in [0.4, 0.5) is 5.69 Å². The van der Waals surface area contributed by atoms with Gasteiger partial charge in [-0.05, 0) is 19.1 Å². The van der Waals surface area contributed by atoms with Crippen LogP contribution in [0.3, 0.4) is 0 Å². The third kappa shape index (κ3) is 5.40. The van der Waals surface area contributed by atoms with Crippen LogP contribution < -0.4 is 10.2 Å². The number of amides is 2. The van der Waals surface area contributed by atoms with E-state index in [1.54, 1.807) is 12.0 Å². The summed E-state index contributed by atoms with van der Waals surface area (Å²) in [5.41, 5.74) is 1.95. The second kappa shape index (κ2) is 8.32. The molecule has 1 N–H and O–H groups in total. The molecule has 0 aliphatic carbocycles. The molecule has 0 saturated carbocycles. The summed E-state index contributed by atoms with van der Waals surface area (Å²) in [6.07, 6.45) is 0.275. The van der Waals surface area contributed by atoms with Gasteiger partial charge >= 0.3 is 0 Å². The van der Waals surface area contributed by atoms with Crippen LogP contribution in [0.25, 0.3) is 0 Å². The maximum Gasteiger partial charge on any atom is 0.223 e. The lowest BCUT2D eigenvalue weighted by Gasteiger charge is -2.21. The van der Waals surface area contributed by atoms with E-state index in [4.69, 9.17) is 4.74 Å². The molecule has 0 heterocycles. The Bertz CT molecular complexity index is 443. The van der Waals surface area contributed by atoms with Gasteiger partial charge in [0.25, 0.3) is 0 Å². The van der Waals surface area contributed by atoms with Gasteiger partial charge in [-0.25, -0.2) is 0 Å². The molecule has 5 nitrogen and oxygen atoms in total. The summed E-state index contributed by atoms with van der Waals surface area (Å²) in [6, 6.07) is 7.67. The van der Waals surface area contributed by atoms with E-state index >= 15 is 0 Å². The van der Waals surface area contributed by atoms with Crippen LogP contribution in [0.2, 0.25) is 0 Å². The Labute approximate surface area is 119 Å². The lowest BCUT2D eigenvalue weighted by molar-refractivity contribution is -0.121. The first-order chi connectivity index (χ1) is 9.54. The molecule has 110 valence electrons. The molecular weight excluding hydrogens is 256 g/mol. The Morgan fingerprint density at radius 3 is 2.45 bits per heavy atom. The summed E-state index contributed by atoms with van der Waals surface area (Å²) in [6.45, 7) is 4.84. The van der Waals surface area contributed by atoms with Crippen molar-refractivity contribution in [2.75, 3.05) is 31.7 Å². The number of aryl methyl sites for hydroxylation is 1. The number of nitrogens with one attached hydrogen (secondary N) is 1. The highest BCUT2D eigenvalue weighted by atomic mass is 16.5. The van der Waals surface area contributed by atoms with Gasteiger partial charge < -0.3 is 15.0 Å². The smallest absolute Gasteiger partial charge is 0.223 e. The number of ether oxygens (including phenoxy) is 1. The Morgan fingerprint density at radius 2 is 1.90 bits per heavy atom. The highest BCUT2D eigenvalue weighted by Crippen LogP contribution is 2.15. The van der Waals surface area contributed by atoms with Crippen LogP contribution in [-0.4, -0.2) is 38.6 Å². The fourth-order valence-electron chi connectivity index (χ4n) is 1.79. The van der Waals surface area contributed by atoms with Crippen molar-refractivity contribution in [3.05, 3.63) is 29.8 Å². The van der Waals surface area contributed by atoms with Crippen molar-refractivity contribution in [3.63, 3.8) is 0 Å². The van der Waals surface area contributed by atoms with E-state index in [0.29, 0.717) is 19.7 Å². The highest BCUT2D eigenvalue weighted by Gasteiger charge is 2.13. The fourth-order valence-corrected chi connectivity index (χ4v) is 1.79. The SMILES string of the molecule is COCCNC(=O)CCN(C(C)=O)c1ccc(C)cc1. The van der Waals surface area contributed by atoms with Crippen molar-refractivity contribution in [1.82, 2.24) is 5.32 Å². The van der Waals surface area contributed by atoms with Gasteiger partial charge in [-0.2, -0.15) is 0 Å². The largest absolute Gasteiger partial charge is 0.383 e. The molecule has 0 aromatic heterocycles. The van der Waals surface area contributed by atoms with Gasteiger partial charge in [-0.15, -0.1) is 0 Å². The number of anilines is 1. The fraction of sp³-hybridized carbons (Fsp3) is 0.467. The zero-order chi connectivity index (χ0) is 15.0. The minimum Gasteiger partial charge on any atom is -0.383 e. The second-order valence-corrected chi connectivity index (χ2v) is 4.60. The number of carbonyl (C=O) groups is 2. The van der Waals surface area contributed by atoms with Crippen LogP contribution in [0, 0.1) is 6.92 Å². The Kier molecular flexibility index (Phi) is 6.73. The molecule has 0 bridgehead atoms. The Balaban J connectivity index is 2.54. The average molecular weight is 278 g/mol. The predicted octanol–water partition coefficient (Wildman–Crippen LogP) is 1.50. The molecule has 0 aliphatic rings. The lowest BCUT2D eigenvalue weighted by Crippen LogP contribution is -2.34. The van der Waals surface area contributed by atoms with E-state index in [0.717, 1.165) is 11.3 Å². The molecule has 0 atom stereocenters. The molecule has 5 heteroatoms. The minimum atomic E-state index is -0.0830. The predicted molar refractivity (Wildman–Crippen MR) is 78.7 cm³/mol. The van der Waals surface area contributed by atoms with Crippen LogP contribution in [-0.2, 0) is 14.3 Å². The van der Waals surface area contributed by atoms with E-state index in [2.05, 4.69) is 5.32 Å². The standard InChI is InChI=1S/C15H22N2O3/c1-12-4-6-14(7-5-12)17(13(2)18)10-8-15(19)16-9-11-20-3/h4-7H,8-11H2,1-3H3,(H,16,19). The van der Waals surface area contributed by atoms with Gasteiger partial charge in [0.1, 0.15) is 0 Å². The van der Waals surface area contributed by atoms with Gasteiger partial charge in [0, 0.05) is 39.2 Å². The maximum absolute atomic E-state index is 11.7. The molecule has 1 aromatic carbocycles. The molecule has 0 spiro atoms. The zero-order valence-electron chi connectivity index (χ0n) is 12.3. The van der Waals surface area contributed by atoms with E-state index in [9.17, 15) is 9.59 Å². The van der Waals surface area contributed by atoms with Gasteiger partial charge in [-0.3, -0.25) is 9.59 Å². The molecule has 0 fully saturated rings. The lowest BCUT2D eigenvalue weighted by atomic mass is 10.2. The van der Waals surface area contributed by atoms with Gasteiger partial charge in [-0.1, -0.05) is 17.7 Å². The second-order valence-electron chi connectivity index (χ2n) is 4.60. The summed E-state index contributed by atoms with van der Waals surface area (Å²) in [4.78, 5) is 24.9. The van der Waals surface area contributed by atoms with Crippen molar-refractivity contribution in [1.29, 1.82) is 0 Å². The zero-order valence-corrected chi connectivity index (χ0v) is 12.3. The van der Waals surface area contributed by atoms with Crippen molar-refractivity contribution >= 4 is 17.5 Å². The Hall–Kier alpha value is -1.88. The molecule has 1 rings (SSSR count). The highest BCUT2D eigenvalue weighted by molar-refractivity contribution is 5.92. The molecule has 0 saturated heterocycles. The molecule has 20 heavy (non-hydrogen) atoms. The maximum atomic E-state index is 11.7. The van der Waals surface area contributed by atoms with E-state index < -0.39 is 0 Å². The van der Waals surface area contributed by atoms with Crippen molar-refractivity contribution < 1.29 is 14.3 Å². The number of nitrogens with zero attached hydrogens (tertiary/aromatic N) is 1. The molecule has 0 unspecified atom stereocenters. The van der Waals surface area contributed by atoms with E-state index in [1.807, 2.05) is 31.2 Å². The van der Waals surface area contributed by atoms with E-state index in [1.165, 1.54) is 6.92 Å². The van der Waals surface area contributed by atoms with Crippen LogP contribution in [0.1, 0.15) is 18.9 Å². The minimum absolute atomic E-state index is 0.0708. The number of rotatable bonds is 7. The summed E-state index contributed by atoms with van der Waals surface area (Å²) in [5.74, 6) is -0.154. The molecule has 1 aromatic rings. The van der Waals surface area contributed by atoms with Crippen molar-refractivity contribution in [3.8, 4) is 0 Å². The number of methoxy groups -OCH3 is 1. The first-order valence-corrected chi connectivity index (χ1v) is 6.65. The summed E-state index contributed by atoms with van der Waals surface area (Å²) in [7, 11) is 1.58. The summed E-state index contributed by atoms with van der Waals surface area (Å²) < 4.78 is 4.86. The average Bonchev–Trinajstić information content (AvgIpc) is 2.41. The molecule has 2 amide bonds. The molecule has 0 aliphatic heterocycles. The van der Waals surface area contributed by atoms with Crippen LogP contribution in [0.15, 0.2) is 24.3 Å². The third-order valence-electron chi connectivity index (χ3n) is 2.92. The first kappa shape index (κ1) is 16.2. The van der Waals surface area contributed by atoms with Crippen LogP contribution in [0.5, 0.6) is 0 Å². The van der Waals surface area contributed by atoms with Gasteiger partial charge in [0.15, 0.2) is 0 Å². The van der Waals surface area contributed by atoms with Crippen molar-refractivity contribution in [2.45, 2.75) is 20.3 Å². The van der Waals surface area contributed by atoms with Crippen molar-refractivity contribution in [2.24, 2.45) is 0 Å². The number of hydrogen-bond acceptors (Lipinski definition) is 3. The van der Waals surface area contributed by atoms with Crippen LogP contribution >= 0.6 is 0 Å². The molecular formula is C15H22N2O3. The topological polar surface area (TPSA) is 58.6 Å². The monoisotopic (exact) mass is 278 g/mol. The van der Waals surface area contributed by atoms with Gasteiger partial charge in [0.2, 0.25) is 11.8 Å². The number of hydrogen-bond donors (Lipinski definition) is 1. The first-order valence-electron chi connectivity index (χ1n) is 6.65. The Morgan fingerprint density at radius 1 is 1.25 bits per heavy atom. The number of benzene rings is 1. The normalized spacial score (nSPS) is 10.2. The summed E-state index contributed by atoms with van der Waals surface area (Å²) >= 11 is 0. The quantitative estimate of drug-likeness (QED) is 0.769. The molecule has 0 radical (unpaired) electrons. The summed E-state index contributed by atoms with van der Waals surface area (Å²) in [5, 5.41) is 2.74. The van der Waals surface area contributed by atoms with Gasteiger partial charge in [0.05, 0.1) is 6.61 Å². The number of carbonyl (C=O) groups excluding carboxylic acids is 2. The third-order valence-corrected chi connectivity index (χ3v) is 2.92. The van der Waals surface area contributed by atoms with E-state index in [-0.39, 0.29) is 18.2 Å².